The number of hydrogen-bond donors (Lipinski definition) is 2. The first kappa shape index (κ1) is 21.4. The van der Waals surface area contributed by atoms with Crippen LogP contribution < -0.4 is 20.1 Å². The average Bonchev–Trinajstić information content (AvgIpc) is 2.59. The number of methoxy groups -OCH3 is 1. The van der Waals surface area contributed by atoms with Gasteiger partial charge in [-0.15, -0.1) is 0 Å². The van der Waals surface area contributed by atoms with Crippen molar-refractivity contribution in [3.05, 3.63) is 24.3 Å². The number of nitrogens with one attached hydrogen (secondary N) is 2. The van der Waals surface area contributed by atoms with E-state index in [2.05, 4.69) is 15.6 Å². The van der Waals surface area contributed by atoms with Gasteiger partial charge in [-0.3, -0.25) is 9.79 Å². The summed E-state index contributed by atoms with van der Waals surface area (Å²) in [5.41, 5.74) is 0. The van der Waals surface area contributed by atoms with Crippen LogP contribution in [0, 0.1) is 0 Å². The van der Waals surface area contributed by atoms with E-state index in [9.17, 15) is 18.0 Å². The third-order valence-corrected chi connectivity index (χ3v) is 3.20. The molecule has 0 unspecified atom stereocenters. The fourth-order valence-corrected chi connectivity index (χ4v) is 1.88. The molecule has 0 aliphatic carbocycles. The van der Waals surface area contributed by atoms with Crippen LogP contribution >= 0.6 is 0 Å². The van der Waals surface area contributed by atoms with Gasteiger partial charge in [0.25, 0.3) is 0 Å². The molecule has 0 aliphatic heterocycles. The highest BCUT2D eigenvalue weighted by Gasteiger charge is 2.31. The number of guanidine groups is 1. The molecule has 0 spiro atoms. The number of alkyl halides is 3. The number of carbonyl (C=O) groups is 1. The minimum atomic E-state index is -4.43. The molecule has 0 aromatic heterocycles. The van der Waals surface area contributed by atoms with Crippen LogP contribution in [-0.4, -0.2) is 70.4 Å². The molecule has 10 heteroatoms. The van der Waals surface area contributed by atoms with Crippen molar-refractivity contribution in [2.45, 2.75) is 6.18 Å². The van der Waals surface area contributed by atoms with Gasteiger partial charge >= 0.3 is 6.18 Å². The summed E-state index contributed by atoms with van der Waals surface area (Å²) in [6.45, 7) is -0.881. The van der Waals surface area contributed by atoms with Gasteiger partial charge < -0.3 is 25.0 Å². The van der Waals surface area contributed by atoms with Crippen molar-refractivity contribution in [2.75, 3.05) is 47.4 Å². The minimum absolute atomic E-state index is 0.289. The van der Waals surface area contributed by atoms with Crippen LogP contribution in [0.25, 0.3) is 0 Å². The Labute approximate surface area is 150 Å². The molecule has 146 valence electrons. The summed E-state index contributed by atoms with van der Waals surface area (Å²) in [6, 6.07) is 7.07. The second-order valence-electron chi connectivity index (χ2n) is 5.24. The standard InChI is InChI=1S/C16H23F3N4O3/c1-20-15(22-10-14(24)23(2)11-16(17,18)19)21-8-9-26-13-6-4-12(25-3)5-7-13/h4-7H,8-11H2,1-3H3,(H2,20,21,22). The highest BCUT2D eigenvalue weighted by molar-refractivity contribution is 5.86. The zero-order valence-corrected chi connectivity index (χ0v) is 14.9. The van der Waals surface area contributed by atoms with Gasteiger partial charge in [-0.1, -0.05) is 0 Å². The van der Waals surface area contributed by atoms with E-state index < -0.39 is 18.6 Å². The first-order chi connectivity index (χ1) is 12.2. The van der Waals surface area contributed by atoms with Crippen LogP contribution in [-0.2, 0) is 4.79 Å². The van der Waals surface area contributed by atoms with Gasteiger partial charge in [0.1, 0.15) is 24.7 Å². The molecule has 0 saturated carbocycles. The quantitative estimate of drug-likeness (QED) is 0.406. The molecule has 1 amide bonds. The Morgan fingerprint density at radius 1 is 1.19 bits per heavy atom. The van der Waals surface area contributed by atoms with E-state index in [1.54, 1.807) is 31.4 Å². The van der Waals surface area contributed by atoms with Crippen molar-refractivity contribution in [1.29, 1.82) is 0 Å². The number of ether oxygens (including phenoxy) is 2. The first-order valence-electron chi connectivity index (χ1n) is 7.77. The lowest BCUT2D eigenvalue weighted by atomic mass is 10.3. The van der Waals surface area contributed by atoms with E-state index in [1.807, 2.05) is 0 Å². The maximum absolute atomic E-state index is 12.2. The molecule has 0 radical (unpaired) electrons. The molecule has 0 fully saturated rings. The third kappa shape index (κ3) is 8.45. The first-order valence-corrected chi connectivity index (χ1v) is 7.77. The Kier molecular flexibility index (Phi) is 8.53. The lowest BCUT2D eigenvalue weighted by Gasteiger charge is -2.20. The molecule has 2 N–H and O–H groups in total. The predicted octanol–water partition coefficient (Wildman–Crippen LogP) is 1.26. The van der Waals surface area contributed by atoms with Crippen molar-refractivity contribution in [1.82, 2.24) is 15.5 Å². The summed E-state index contributed by atoms with van der Waals surface area (Å²) in [4.78, 5) is 16.1. The molecule has 1 aromatic rings. The summed E-state index contributed by atoms with van der Waals surface area (Å²) in [6.07, 6.45) is -4.43. The molecule has 26 heavy (non-hydrogen) atoms. The van der Waals surface area contributed by atoms with Gasteiger partial charge in [-0.25, -0.2) is 0 Å². The Balaban J connectivity index is 2.29. The lowest BCUT2D eigenvalue weighted by molar-refractivity contribution is -0.157. The fraction of sp³-hybridized carbons (Fsp3) is 0.500. The molecular formula is C16H23F3N4O3. The van der Waals surface area contributed by atoms with E-state index in [0.29, 0.717) is 23.8 Å². The van der Waals surface area contributed by atoms with Crippen molar-refractivity contribution < 1.29 is 27.4 Å². The molecule has 0 atom stereocenters. The number of likely N-dealkylation sites (N-methyl/N-ethyl adjacent to an activating group) is 1. The Morgan fingerprint density at radius 3 is 2.35 bits per heavy atom. The second kappa shape index (κ2) is 10.4. The van der Waals surface area contributed by atoms with Gasteiger partial charge in [-0.05, 0) is 24.3 Å². The maximum atomic E-state index is 12.2. The Bertz CT molecular complexity index is 591. The number of aliphatic imine (C=N–C) groups is 1. The molecule has 1 rings (SSSR count). The van der Waals surface area contributed by atoms with E-state index in [0.717, 1.165) is 12.8 Å². The normalized spacial score (nSPS) is 11.7. The van der Waals surface area contributed by atoms with E-state index in [-0.39, 0.29) is 12.5 Å². The molecule has 0 heterocycles. The molecule has 7 nitrogen and oxygen atoms in total. The monoisotopic (exact) mass is 376 g/mol. The highest BCUT2D eigenvalue weighted by atomic mass is 19.4. The van der Waals surface area contributed by atoms with E-state index >= 15 is 0 Å². The van der Waals surface area contributed by atoms with Crippen molar-refractivity contribution >= 4 is 11.9 Å². The summed E-state index contributed by atoms with van der Waals surface area (Å²) >= 11 is 0. The van der Waals surface area contributed by atoms with Crippen LogP contribution in [0.4, 0.5) is 13.2 Å². The smallest absolute Gasteiger partial charge is 0.406 e. The number of carbonyl (C=O) groups excluding carboxylic acids is 1. The largest absolute Gasteiger partial charge is 0.497 e. The predicted molar refractivity (Wildman–Crippen MR) is 91.5 cm³/mol. The zero-order valence-electron chi connectivity index (χ0n) is 14.9. The summed E-state index contributed by atoms with van der Waals surface area (Å²) in [7, 11) is 4.16. The van der Waals surface area contributed by atoms with Gasteiger partial charge in [0.05, 0.1) is 20.2 Å². The maximum Gasteiger partial charge on any atom is 0.406 e. The summed E-state index contributed by atoms with van der Waals surface area (Å²) in [5.74, 6) is 0.983. The Morgan fingerprint density at radius 2 is 1.81 bits per heavy atom. The van der Waals surface area contributed by atoms with Crippen LogP contribution in [0.15, 0.2) is 29.3 Å². The topological polar surface area (TPSA) is 75.2 Å². The number of nitrogens with zero attached hydrogens (tertiary/aromatic N) is 2. The number of hydrogen-bond acceptors (Lipinski definition) is 4. The van der Waals surface area contributed by atoms with E-state index in [1.165, 1.54) is 7.05 Å². The minimum Gasteiger partial charge on any atom is -0.497 e. The SMILES string of the molecule is CN=C(NCCOc1ccc(OC)cc1)NCC(=O)N(C)CC(F)(F)F. The number of amides is 1. The van der Waals surface area contributed by atoms with Gasteiger partial charge in [-0.2, -0.15) is 13.2 Å². The summed E-state index contributed by atoms with van der Waals surface area (Å²) < 4.78 is 47.3. The molecular weight excluding hydrogens is 353 g/mol. The van der Waals surface area contributed by atoms with Gasteiger partial charge in [0.2, 0.25) is 5.91 Å². The van der Waals surface area contributed by atoms with Crippen molar-refractivity contribution in [3.63, 3.8) is 0 Å². The molecule has 1 aromatic carbocycles. The number of rotatable bonds is 8. The van der Waals surface area contributed by atoms with Crippen LogP contribution in [0.3, 0.4) is 0 Å². The zero-order chi connectivity index (χ0) is 19.6. The molecule has 0 bridgehead atoms. The number of halogens is 3. The fourth-order valence-electron chi connectivity index (χ4n) is 1.88. The Hall–Kier alpha value is -2.65. The van der Waals surface area contributed by atoms with Gasteiger partial charge in [0, 0.05) is 14.1 Å². The van der Waals surface area contributed by atoms with Gasteiger partial charge in [0.15, 0.2) is 5.96 Å². The summed E-state index contributed by atoms with van der Waals surface area (Å²) in [5, 5.41) is 5.56. The van der Waals surface area contributed by atoms with E-state index in [4.69, 9.17) is 9.47 Å². The average molecular weight is 376 g/mol. The molecule has 0 aliphatic rings. The van der Waals surface area contributed by atoms with Crippen LogP contribution in [0.2, 0.25) is 0 Å². The second-order valence-corrected chi connectivity index (χ2v) is 5.24. The highest BCUT2D eigenvalue weighted by Crippen LogP contribution is 2.16. The van der Waals surface area contributed by atoms with Crippen LogP contribution in [0.5, 0.6) is 11.5 Å². The van der Waals surface area contributed by atoms with Crippen molar-refractivity contribution in [3.8, 4) is 11.5 Å². The van der Waals surface area contributed by atoms with Crippen LogP contribution in [0.1, 0.15) is 0 Å². The molecule has 0 saturated heterocycles. The van der Waals surface area contributed by atoms with Crippen molar-refractivity contribution in [2.24, 2.45) is 4.99 Å². The third-order valence-electron chi connectivity index (χ3n) is 3.20. The number of benzene rings is 1. The lowest BCUT2D eigenvalue weighted by Crippen LogP contribution is -2.46.